The van der Waals surface area contributed by atoms with Gasteiger partial charge in [0.2, 0.25) is 0 Å². The summed E-state index contributed by atoms with van der Waals surface area (Å²) in [6, 6.07) is 9.71. The Morgan fingerprint density at radius 3 is 2.39 bits per heavy atom. The predicted molar refractivity (Wildman–Crippen MR) is 85.1 cm³/mol. The van der Waals surface area contributed by atoms with E-state index in [0.717, 1.165) is 32.1 Å². The van der Waals surface area contributed by atoms with Crippen LogP contribution in [0.15, 0.2) is 30.3 Å². The highest BCUT2D eigenvalue weighted by Crippen LogP contribution is 2.33. The van der Waals surface area contributed by atoms with E-state index < -0.39 is 18.1 Å². The number of hydrogen-bond donors (Lipinski definition) is 1. The van der Waals surface area contributed by atoms with Crippen LogP contribution >= 0.6 is 0 Å². The van der Waals surface area contributed by atoms with Crippen molar-refractivity contribution >= 4 is 12.1 Å². The molecule has 1 N–H and O–H groups in total. The van der Waals surface area contributed by atoms with Gasteiger partial charge in [0.05, 0.1) is 0 Å². The summed E-state index contributed by atoms with van der Waals surface area (Å²) in [5.74, 6) is 0.182. The molecule has 23 heavy (non-hydrogen) atoms. The van der Waals surface area contributed by atoms with E-state index in [4.69, 9.17) is 4.74 Å². The van der Waals surface area contributed by atoms with Crippen molar-refractivity contribution in [1.29, 1.82) is 0 Å². The summed E-state index contributed by atoms with van der Waals surface area (Å²) in [7, 11) is 0. The molecule has 124 valence electrons. The van der Waals surface area contributed by atoms with Crippen molar-refractivity contribution in [2.75, 3.05) is 0 Å². The zero-order chi connectivity index (χ0) is 16.4. The fourth-order valence-electron chi connectivity index (χ4n) is 3.85. The molecule has 0 radical (unpaired) electrons. The van der Waals surface area contributed by atoms with Crippen LogP contribution in [0.1, 0.15) is 38.2 Å². The summed E-state index contributed by atoms with van der Waals surface area (Å²) in [6.45, 7) is 1.75. The van der Waals surface area contributed by atoms with E-state index in [1.807, 2.05) is 6.07 Å². The molecule has 0 unspecified atom stereocenters. The molecular weight excluding hydrogens is 294 g/mol. The summed E-state index contributed by atoms with van der Waals surface area (Å²) in [4.78, 5) is 24.6. The molecule has 2 fully saturated rings. The van der Waals surface area contributed by atoms with Gasteiger partial charge in [-0.25, -0.2) is 9.59 Å². The van der Waals surface area contributed by atoms with Crippen LogP contribution in [0.3, 0.4) is 0 Å². The number of carbonyl (C=O) groups is 2. The second-order valence-electron chi connectivity index (χ2n) is 6.64. The lowest BCUT2D eigenvalue weighted by molar-refractivity contribution is -0.186. The molecule has 1 aliphatic heterocycles. The Labute approximate surface area is 136 Å². The molecule has 2 aliphatic rings. The maximum Gasteiger partial charge on any atom is 0.408 e. The molecule has 0 aromatic heterocycles. The lowest BCUT2D eigenvalue weighted by Crippen LogP contribution is -2.63. The van der Waals surface area contributed by atoms with E-state index in [9.17, 15) is 14.7 Å². The molecule has 2 atom stereocenters. The first-order valence-corrected chi connectivity index (χ1v) is 8.32. The van der Waals surface area contributed by atoms with Crippen LogP contribution in [-0.4, -0.2) is 40.3 Å². The second kappa shape index (κ2) is 6.60. The fourth-order valence-corrected chi connectivity index (χ4v) is 3.85. The highest BCUT2D eigenvalue weighted by Gasteiger charge is 2.48. The molecule has 5 heteroatoms. The molecule has 1 saturated carbocycles. The average Bonchev–Trinajstić information content (AvgIpc) is 2.54. The summed E-state index contributed by atoms with van der Waals surface area (Å²) in [6.07, 6.45) is 3.34. The number of carbonyl (C=O) groups excluding carboxylic acids is 1. The van der Waals surface area contributed by atoms with Crippen LogP contribution in [0.25, 0.3) is 0 Å². The monoisotopic (exact) mass is 317 g/mol. The smallest absolute Gasteiger partial charge is 0.408 e. The number of cyclic esters (lactones) is 1. The van der Waals surface area contributed by atoms with Gasteiger partial charge < -0.3 is 9.84 Å². The molecule has 0 spiro atoms. The Hall–Kier alpha value is -2.04. The van der Waals surface area contributed by atoms with Gasteiger partial charge in [0.15, 0.2) is 6.04 Å². The van der Waals surface area contributed by atoms with Crippen molar-refractivity contribution < 1.29 is 19.4 Å². The third-order valence-electron chi connectivity index (χ3n) is 5.09. The highest BCUT2D eigenvalue weighted by molar-refractivity contribution is 5.86. The van der Waals surface area contributed by atoms with E-state index in [1.165, 1.54) is 10.5 Å². The molecule has 1 aliphatic carbocycles. The van der Waals surface area contributed by atoms with Crippen molar-refractivity contribution in [3.05, 3.63) is 35.9 Å². The lowest BCUT2D eigenvalue weighted by atomic mass is 9.81. The minimum Gasteiger partial charge on any atom is -0.465 e. The van der Waals surface area contributed by atoms with Gasteiger partial charge in [0.1, 0.15) is 6.10 Å². The van der Waals surface area contributed by atoms with Crippen LogP contribution in [-0.2, 0) is 16.0 Å². The summed E-state index contributed by atoms with van der Waals surface area (Å²) in [5, 5.41) is 9.52. The number of benzene rings is 1. The van der Waals surface area contributed by atoms with Gasteiger partial charge in [-0.3, -0.25) is 4.90 Å². The van der Waals surface area contributed by atoms with Gasteiger partial charge in [0.25, 0.3) is 0 Å². The molecule has 3 rings (SSSR count). The Morgan fingerprint density at radius 2 is 1.87 bits per heavy atom. The van der Waals surface area contributed by atoms with E-state index in [-0.39, 0.29) is 12.1 Å². The number of ether oxygens (including phenoxy) is 1. The first-order valence-electron chi connectivity index (χ1n) is 8.32. The van der Waals surface area contributed by atoms with Crippen molar-refractivity contribution in [2.24, 2.45) is 5.92 Å². The Kier molecular flexibility index (Phi) is 4.55. The molecule has 1 amide bonds. The zero-order valence-electron chi connectivity index (χ0n) is 13.4. The van der Waals surface area contributed by atoms with Gasteiger partial charge in [-0.05, 0) is 50.5 Å². The minimum atomic E-state index is -1.01. The lowest BCUT2D eigenvalue weighted by Gasteiger charge is -2.44. The van der Waals surface area contributed by atoms with Gasteiger partial charge >= 0.3 is 12.1 Å². The molecule has 1 heterocycles. The van der Waals surface area contributed by atoms with E-state index >= 15 is 0 Å². The second-order valence-corrected chi connectivity index (χ2v) is 6.64. The number of esters is 1. The zero-order valence-corrected chi connectivity index (χ0v) is 13.4. The van der Waals surface area contributed by atoms with Crippen LogP contribution in [0, 0.1) is 5.92 Å². The van der Waals surface area contributed by atoms with Crippen LogP contribution in [0.5, 0.6) is 0 Å². The van der Waals surface area contributed by atoms with Crippen LogP contribution in [0.4, 0.5) is 4.79 Å². The summed E-state index contributed by atoms with van der Waals surface area (Å²) >= 11 is 0. The molecule has 1 saturated heterocycles. The number of nitrogens with zero attached hydrogens (tertiary/aromatic N) is 1. The maximum absolute atomic E-state index is 11.6. The number of carboxylic acid groups (broad SMARTS) is 1. The topological polar surface area (TPSA) is 66.8 Å². The van der Waals surface area contributed by atoms with Gasteiger partial charge in [-0.15, -0.1) is 0 Å². The van der Waals surface area contributed by atoms with Crippen molar-refractivity contribution in [3.63, 3.8) is 0 Å². The third-order valence-corrected chi connectivity index (χ3v) is 5.09. The minimum absolute atomic E-state index is 0.0696. The Bertz CT molecular complexity index is 566. The summed E-state index contributed by atoms with van der Waals surface area (Å²) < 4.78 is 4.93. The Balaban J connectivity index is 1.58. The van der Waals surface area contributed by atoms with Crippen LogP contribution < -0.4 is 0 Å². The first kappa shape index (κ1) is 15.8. The van der Waals surface area contributed by atoms with E-state index in [1.54, 1.807) is 6.92 Å². The number of amides is 1. The van der Waals surface area contributed by atoms with Crippen molar-refractivity contribution in [3.8, 4) is 0 Å². The molecule has 5 nitrogen and oxygen atoms in total. The molecular formula is C18H23NO4. The van der Waals surface area contributed by atoms with Crippen molar-refractivity contribution in [2.45, 2.75) is 57.2 Å². The van der Waals surface area contributed by atoms with E-state index in [2.05, 4.69) is 24.3 Å². The standard InChI is InChI=1S/C18H23NO4/c1-12-16(17(20)23-12)19(18(21)22)15-9-7-14(8-10-15)11-13-5-3-2-4-6-13/h2-6,12,14-16H,7-11H2,1H3,(H,21,22)/t12-,14?,15?,16+/m0/s1. The quantitative estimate of drug-likeness (QED) is 0.867. The first-order chi connectivity index (χ1) is 11.1. The predicted octanol–water partition coefficient (Wildman–Crippen LogP) is 3.08. The number of rotatable bonds is 4. The third kappa shape index (κ3) is 3.33. The molecule has 1 aromatic carbocycles. The van der Waals surface area contributed by atoms with Gasteiger partial charge in [-0.1, -0.05) is 30.3 Å². The average molecular weight is 317 g/mol. The maximum atomic E-state index is 11.6. The largest absolute Gasteiger partial charge is 0.465 e. The van der Waals surface area contributed by atoms with Crippen molar-refractivity contribution in [1.82, 2.24) is 4.90 Å². The number of hydrogen-bond acceptors (Lipinski definition) is 3. The highest BCUT2D eigenvalue weighted by atomic mass is 16.6. The normalized spacial score (nSPS) is 30.2. The fraction of sp³-hybridized carbons (Fsp3) is 0.556. The summed E-state index contributed by atoms with van der Waals surface area (Å²) in [5.41, 5.74) is 1.34. The Morgan fingerprint density at radius 1 is 1.22 bits per heavy atom. The van der Waals surface area contributed by atoms with E-state index in [0.29, 0.717) is 5.92 Å². The van der Waals surface area contributed by atoms with Crippen LogP contribution in [0.2, 0.25) is 0 Å². The molecule has 0 bridgehead atoms. The van der Waals surface area contributed by atoms with Gasteiger partial charge in [0, 0.05) is 6.04 Å². The molecule has 1 aromatic rings. The van der Waals surface area contributed by atoms with Gasteiger partial charge in [-0.2, -0.15) is 0 Å². The SMILES string of the molecule is C[C@@H]1OC(=O)[C@@H]1N(C(=O)O)C1CCC(Cc2ccccc2)CC1.